The SMILES string of the molecule is C=C(C)CC.CCC1CCO1.CCCC(CCC)c1cccc(C(C)CCc2ccc(Cl)cc2F)n1.Cc1ccc(-c2cc(=O)[nH]o2)cc1C. The number of halogens is 2. The van der Waals surface area contributed by atoms with Gasteiger partial charge in [-0.1, -0.05) is 88.9 Å². The molecule has 1 aliphatic rings. The molecule has 0 amide bonds. The molecule has 3 heterocycles. The van der Waals surface area contributed by atoms with Crippen LogP contribution in [0.25, 0.3) is 11.3 Å². The molecule has 2 aromatic carbocycles. The van der Waals surface area contributed by atoms with Gasteiger partial charge >= 0.3 is 0 Å². The summed E-state index contributed by atoms with van der Waals surface area (Å²) in [5.74, 6) is 1.22. The van der Waals surface area contributed by atoms with E-state index in [1.165, 1.54) is 73.1 Å². The molecule has 0 bridgehead atoms. The first kappa shape index (κ1) is 42.7. The average molecular weight is 707 g/mol. The lowest BCUT2D eigenvalue weighted by Gasteiger charge is -2.24. The van der Waals surface area contributed by atoms with Crippen molar-refractivity contribution >= 4 is 11.6 Å². The normalized spacial score (nSPS) is 13.9. The summed E-state index contributed by atoms with van der Waals surface area (Å²) in [5.41, 5.74) is 7.43. The number of ether oxygens (including phenoxy) is 1. The molecule has 5 nitrogen and oxygen atoms in total. The number of aryl methyl sites for hydroxylation is 3. The molecule has 2 unspecified atom stereocenters. The Morgan fingerprint density at radius 1 is 0.980 bits per heavy atom. The van der Waals surface area contributed by atoms with Crippen LogP contribution in [0.4, 0.5) is 4.39 Å². The van der Waals surface area contributed by atoms with E-state index in [0.717, 1.165) is 36.3 Å². The van der Waals surface area contributed by atoms with E-state index in [1.807, 2.05) is 39.0 Å². The third-order valence-corrected chi connectivity index (χ3v) is 9.25. The van der Waals surface area contributed by atoms with Gasteiger partial charge in [0.1, 0.15) is 5.82 Å². The summed E-state index contributed by atoms with van der Waals surface area (Å²) < 4.78 is 24.0. The van der Waals surface area contributed by atoms with E-state index < -0.39 is 0 Å². The summed E-state index contributed by atoms with van der Waals surface area (Å²) in [7, 11) is 0. The van der Waals surface area contributed by atoms with Crippen molar-refractivity contribution in [2.24, 2.45) is 0 Å². The molecule has 0 radical (unpaired) electrons. The summed E-state index contributed by atoms with van der Waals surface area (Å²) >= 11 is 5.82. The maximum absolute atomic E-state index is 13.9. The molecule has 274 valence electrons. The smallest absolute Gasteiger partial charge is 0.280 e. The number of pyridine rings is 1. The van der Waals surface area contributed by atoms with Gasteiger partial charge in [-0.05, 0) is 119 Å². The fourth-order valence-corrected chi connectivity index (χ4v) is 5.44. The molecule has 5 rings (SSSR count). The fraction of sp³-hybridized carbons (Fsp3) is 0.488. The molecule has 7 heteroatoms. The average Bonchev–Trinajstić information content (AvgIpc) is 3.52. The highest BCUT2D eigenvalue weighted by Crippen LogP contribution is 2.28. The largest absolute Gasteiger partial charge is 0.378 e. The zero-order valence-corrected chi connectivity index (χ0v) is 32.5. The van der Waals surface area contributed by atoms with E-state index in [0.29, 0.717) is 35.1 Å². The van der Waals surface area contributed by atoms with Crippen molar-refractivity contribution in [2.75, 3.05) is 6.61 Å². The standard InChI is InChI=1S/C22H29ClFN.C11H11NO2.C5H10O.C5H10/c1-4-7-18(8-5-2)22-10-6-9-21(25-22)16(3)11-12-17-13-14-19(23)15-20(17)24;1-7-3-4-9(5-8(7)2)10-6-11(13)12-14-10;1-2-5-3-4-6-5;1-4-5(2)3/h6,9-10,13-16,18H,4-5,7-8,11-12H2,1-3H3;3-6H,1-2H3,(H,12,13);5H,2-4H2,1H3;2,4H2,1,3H3. The molecule has 2 atom stereocenters. The lowest BCUT2D eigenvalue weighted by Crippen LogP contribution is -2.25. The Hall–Kier alpha value is -3.48. The van der Waals surface area contributed by atoms with E-state index in [9.17, 15) is 9.18 Å². The first-order valence-electron chi connectivity index (χ1n) is 18.3. The molecule has 1 saturated heterocycles. The topological polar surface area (TPSA) is 68.1 Å². The van der Waals surface area contributed by atoms with Crippen LogP contribution in [0, 0.1) is 19.7 Å². The number of H-pyrrole nitrogens is 1. The highest BCUT2D eigenvalue weighted by Gasteiger charge is 2.15. The molecule has 0 saturated carbocycles. The minimum Gasteiger partial charge on any atom is -0.378 e. The number of rotatable bonds is 12. The van der Waals surface area contributed by atoms with Crippen molar-refractivity contribution in [3.8, 4) is 11.3 Å². The van der Waals surface area contributed by atoms with Crippen LogP contribution < -0.4 is 5.56 Å². The van der Waals surface area contributed by atoms with Crippen LogP contribution in [0.5, 0.6) is 0 Å². The summed E-state index contributed by atoms with van der Waals surface area (Å²) in [5, 5.41) is 2.72. The fourth-order valence-electron chi connectivity index (χ4n) is 5.28. The number of allylic oxidation sites excluding steroid dienone is 1. The number of benzene rings is 2. The van der Waals surface area contributed by atoms with Crippen LogP contribution >= 0.6 is 11.6 Å². The van der Waals surface area contributed by atoms with Gasteiger partial charge in [-0.25, -0.2) is 4.39 Å². The third-order valence-electron chi connectivity index (χ3n) is 9.02. The van der Waals surface area contributed by atoms with E-state index in [1.54, 1.807) is 12.1 Å². The second kappa shape index (κ2) is 23.1. The van der Waals surface area contributed by atoms with Crippen molar-refractivity contribution in [2.45, 2.75) is 131 Å². The number of hydrogen-bond acceptors (Lipinski definition) is 4. The molecule has 50 heavy (non-hydrogen) atoms. The highest BCUT2D eigenvalue weighted by molar-refractivity contribution is 6.30. The van der Waals surface area contributed by atoms with Crippen LogP contribution in [-0.2, 0) is 11.2 Å². The number of nitrogens with zero attached hydrogens (tertiary/aromatic N) is 1. The maximum Gasteiger partial charge on any atom is 0.280 e. The minimum absolute atomic E-state index is 0.210. The second-order valence-corrected chi connectivity index (χ2v) is 13.7. The maximum atomic E-state index is 13.9. The van der Waals surface area contributed by atoms with Crippen LogP contribution in [0.2, 0.25) is 5.02 Å². The van der Waals surface area contributed by atoms with Crippen molar-refractivity contribution in [1.82, 2.24) is 10.1 Å². The van der Waals surface area contributed by atoms with Gasteiger partial charge in [-0.15, -0.1) is 6.58 Å². The molecule has 0 aliphatic carbocycles. The van der Waals surface area contributed by atoms with Crippen molar-refractivity contribution in [1.29, 1.82) is 0 Å². The molecule has 0 spiro atoms. The molecular weight excluding hydrogens is 647 g/mol. The molecule has 4 aromatic rings. The van der Waals surface area contributed by atoms with Crippen LogP contribution in [0.3, 0.4) is 0 Å². The Morgan fingerprint density at radius 3 is 2.12 bits per heavy atom. The Labute approximate surface area is 305 Å². The monoisotopic (exact) mass is 706 g/mol. The van der Waals surface area contributed by atoms with Gasteiger partial charge in [-0.3, -0.25) is 9.78 Å². The predicted octanol–water partition coefficient (Wildman–Crippen LogP) is 12.7. The van der Waals surface area contributed by atoms with E-state index in [2.05, 4.69) is 64.6 Å². The number of aromatic amines is 1. The summed E-state index contributed by atoms with van der Waals surface area (Å²) in [4.78, 5) is 15.8. The van der Waals surface area contributed by atoms with Crippen molar-refractivity contribution < 1.29 is 13.7 Å². The van der Waals surface area contributed by atoms with Gasteiger partial charge in [-0.2, -0.15) is 5.16 Å². The zero-order chi connectivity index (χ0) is 37.1. The van der Waals surface area contributed by atoms with Crippen molar-refractivity contribution in [3.63, 3.8) is 0 Å². The first-order valence-corrected chi connectivity index (χ1v) is 18.7. The molecule has 1 aliphatic heterocycles. The predicted molar refractivity (Wildman–Crippen MR) is 209 cm³/mol. The Kier molecular flexibility index (Phi) is 19.7. The molecule has 1 N–H and O–H groups in total. The van der Waals surface area contributed by atoms with Gasteiger partial charge in [0.05, 0.1) is 12.2 Å². The Morgan fingerprint density at radius 2 is 1.64 bits per heavy atom. The summed E-state index contributed by atoms with van der Waals surface area (Å²) in [6, 6.07) is 18.7. The Bertz CT molecular complexity index is 1620. The molecule has 1 fully saturated rings. The van der Waals surface area contributed by atoms with Crippen molar-refractivity contribution in [3.05, 3.63) is 122 Å². The van der Waals surface area contributed by atoms with Crippen LogP contribution in [0.1, 0.15) is 133 Å². The summed E-state index contributed by atoms with van der Waals surface area (Å²) in [6.07, 6.45) is 10.5. The number of nitrogens with one attached hydrogen (secondary N) is 1. The molecule has 2 aromatic heterocycles. The van der Waals surface area contributed by atoms with E-state index >= 15 is 0 Å². The zero-order valence-electron chi connectivity index (χ0n) is 31.7. The van der Waals surface area contributed by atoms with E-state index in [-0.39, 0.29) is 11.4 Å². The van der Waals surface area contributed by atoms with Crippen LogP contribution in [0.15, 0.2) is 82.1 Å². The number of aromatic nitrogens is 2. The Balaban J connectivity index is 0.000000286. The van der Waals surface area contributed by atoms with Gasteiger partial charge < -0.3 is 9.26 Å². The third kappa shape index (κ3) is 15.2. The van der Waals surface area contributed by atoms with Crippen LogP contribution in [-0.4, -0.2) is 22.9 Å². The quantitative estimate of drug-likeness (QED) is 0.149. The van der Waals surface area contributed by atoms with Gasteiger partial charge in [0, 0.05) is 34.5 Å². The number of hydrogen-bond donors (Lipinski definition) is 1. The lowest BCUT2D eigenvalue weighted by atomic mass is 9.92. The van der Waals surface area contributed by atoms with Gasteiger partial charge in [0.2, 0.25) is 0 Å². The van der Waals surface area contributed by atoms with Gasteiger partial charge in [0.15, 0.2) is 5.76 Å². The lowest BCUT2D eigenvalue weighted by molar-refractivity contribution is -0.0516. The summed E-state index contributed by atoms with van der Waals surface area (Å²) in [6.45, 7) is 21.7. The first-order chi connectivity index (χ1) is 23.9. The van der Waals surface area contributed by atoms with E-state index in [4.69, 9.17) is 25.8 Å². The molecular formula is C43H60ClFN2O3. The highest BCUT2D eigenvalue weighted by atomic mass is 35.5. The second-order valence-electron chi connectivity index (χ2n) is 13.3. The van der Waals surface area contributed by atoms with Gasteiger partial charge in [0.25, 0.3) is 5.56 Å². The minimum atomic E-state index is -0.215.